The Morgan fingerprint density at radius 3 is 2.24 bits per heavy atom. The van der Waals surface area contributed by atoms with E-state index in [4.69, 9.17) is 0 Å². The maximum atomic E-state index is 13.1. The van der Waals surface area contributed by atoms with Crippen molar-refractivity contribution in [2.75, 3.05) is 18.0 Å². The third kappa shape index (κ3) is 4.83. The summed E-state index contributed by atoms with van der Waals surface area (Å²) in [5, 5.41) is 11.0. The fourth-order valence-corrected chi connectivity index (χ4v) is 4.07. The van der Waals surface area contributed by atoms with Crippen molar-refractivity contribution in [2.24, 2.45) is 0 Å². The molecule has 0 aromatic heterocycles. The van der Waals surface area contributed by atoms with Gasteiger partial charge in [0.05, 0.1) is 28.2 Å². The van der Waals surface area contributed by atoms with Crippen LogP contribution < -0.4 is 4.31 Å². The lowest BCUT2D eigenvalue weighted by molar-refractivity contribution is -0.385. The number of hydrogen-bond acceptors (Lipinski definition) is 6. The van der Waals surface area contributed by atoms with Gasteiger partial charge in [-0.05, 0) is 36.8 Å². The zero-order valence-corrected chi connectivity index (χ0v) is 16.0. The second kappa shape index (κ2) is 8.07. The van der Waals surface area contributed by atoms with Crippen LogP contribution >= 0.6 is 0 Å². The molecule has 2 aromatic carbocycles. The van der Waals surface area contributed by atoms with Gasteiger partial charge in [0.25, 0.3) is 15.7 Å². The maximum absolute atomic E-state index is 13.1. The van der Waals surface area contributed by atoms with Crippen molar-refractivity contribution in [2.45, 2.75) is 18.0 Å². The van der Waals surface area contributed by atoms with E-state index in [1.165, 1.54) is 13.0 Å². The van der Waals surface area contributed by atoms with Gasteiger partial charge in [-0.2, -0.15) is 13.2 Å². The van der Waals surface area contributed by atoms with Crippen LogP contribution in [0.2, 0.25) is 0 Å². The van der Waals surface area contributed by atoms with Crippen LogP contribution in [0.1, 0.15) is 11.1 Å². The molecule has 156 valence electrons. The fraction of sp³-hybridized carbons (Fsp3) is 0.235. The number of nitro benzene ring substituents is 1. The number of methoxy groups -OCH3 is 1. The minimum Gasteiger partial charge on any atom is -0.468 e. The van der Waals surface area contributed by atoms with Gasteiger partial charge in [0.1, 0.15) is 6.54 Å². The van der Waals surface area contributed by atoms with E-state index in [1.54, 1.807) is 0 Å². The molecule has 8 nitrogen and oxygen atoms in total. The lowest BCUT2D eigenvalue weighted by Gasteiger charge is -2.24. The van der Waals surface area contributed by atoms with Crippen molar-refractivity contribution >= 4 is 27.4 Å². The van der Waals surface area contributed by atoms with E-state index in [0.717, 1.165) is 31.4 Å². The molecule has 29 heavy (non-hydrogen) atoms. The highest BCUT2D eigenvalue weighted by molar-refractivity contribution is 7.93. The summed E-state index contributed by atoms with van der Waals surface area (Å²) in [5.41, 5.74) is -1.60. The van der Waals surface area contributed by atoms with E-state index in [1.807, 2.05) is 0 Å². The number of carbonyl (C=O) groups excluding carboxylic acids is 1. The molecule has 12 heteroatoms. The number of halogens is 3. The highest BCUT2D eigenvalue weighted by Gasteiger charge is 2.33. The zero-order valence-electron chi connectivity index (χ0n) is 15.1. The number of ether oxygens (including phenoxy) is 1. The number of esters is 1. The number of anilines is 1. The van der Waals surface area contributed by atoms with Crippen molar-refractivity contribution in [3.8, 4) is 0 Å². The molecule has 0 saturated heterocycles. The molecule has 0 atom stereocenters. The monoisotopic (exact) mass is 432 g/mol. The molecule has 0 heterocycles. The number of alkyl halides is 3. The van der Waals surface area contributed by atoms with Crippen LogP contribution in [0.5, 0.6) is 0 Å². The van der Waals surface area contributed by atoms with Crippen LogP contribution in [0, 0.1) is 17.0 Å². The Bertz CT molecular complexity index is 1040. The number of hydrogen-bond donors (Lipinski definition) is 0. The number of benzene rings is 2. The Morgan fingerprint density at radius 2 is 1.76 bits per heavy atom. The van der Waals surface area contributed by atoms with E-state index in [-0.39, 0.29) is 11.3 Å². The van der Waals surface area contributed by atoms with Gasteiger partial charge in [0.2, 0.25) is 0 Å². The number of nitro groups is 1. The van der Waals surface area contributed by atoms with Crippen LogP contribution in [0.3, 0.4) is 0 Å². The first-order valence-corrected chi connectivity index (χ1v) is 9.34. The summed E-state index contributed by atoms with van der Waals surface area (Å²) in [4.78, 5) is 21.5. The molecule has 2 rings (SSSR count). The van der Waals surface area contributed by atoms with Crippen molar-refractivity contribution < 1.29 is 36.0 Å². The zero-order chi connectivity index (χ0) is 22.0. The van der Waals surface area contributed by atoms with E-state index in [2.05, 4.69) is 4.74 Å². The number of non-ortho nitro benzene ring substituents is 1. The third-order valence-electron chi connectivity index (χ3n) is 3.93. The summed E-state index contributed by atoms with van der Waals surface area (Å²) < 4.78 is 69.6. The van der Waals surface area contributed by atoms with E-state index in [9.17, 15) is 36.5 Å². The van der Waals surface area contributed by atoms with Gasteiger partial charge in [0, 0.05) is 12.1 Å². The molecule has 0 aliphatic heterocycles. The third-order valence-corrected chi connectivity index (χ3v) is 5.85. The topological polar surface area (TPSA) is 107 Å². The fourth-order valence-electron chi connectivity index (χ4n) is 2.41. The molecule has 0 saturated carbocycles. The van der Waals surface area contributed by atoms with Gasteiger partial charge in [-0.25, -0.2) is 8.42 Å². The second-order valence-electron chi connectivity index (χ2n) is 5.84. The van der Waals surface area contributed by atoms with E-state index >= 15 is 0 Å². The number of nitrogens with zero attached hydrogens (tertiary/aromatic N) is 2. The molecule has 2 aromatic rings. The molecule has 0 spiro atoms. The molecule has 0 bridgehead atoms. The van der Waals surface area contributed by atoms with E-state index in [0.29, 0.717) is 16.4 Å². The number of rotatable bonds is 6. The van der Waals surface area contributed by atoms with Crippen LogP contribution in [0.25, 0.3) is 0 Å². The minimum absolute atomic E-state index is 0.150. The van der Waals surface area contributed by atoms with Gasteiger partial charge in [-0.3, -0.25) is 19.2 Å². The van der Waals surface area contributed by atoms with Gasteiger partial charge in [-0.1, -0.05) is 6.07 Å². The lowest BCUT2D eigenvalue weighted by atomic mass is 10.2. The minimum atomic E-state index is -4.64. The van der Waals surface area contributed by atoms with Crippen molar-refractivity contribution in [1.29, 1.82) is 0 Å². The predicted octanol–water partition coefficient (Wildman–Crippen LogP) is 3.29. The Labute approximate surface area is 163 Å². The van der Waals surface area contributed by atoms with E-state index < -0.39 is 49.8 Å². The summed E-state index contributed by atoms with van der Waals surface area (Å²) in [6, 6.07) is 6.24. The molecule has 0 fully saturated rings. The Morgan fingerprint density at radius 1 is 1.17 bits per heavy atom. The molecular formula is C17H15F3N2O6S. The molecular weight excluding hydrogens is 417 g/mol. The van der Waals surface area contributed by atoms with Gasteiger partial charge in [0.15, 0.2) is 0 Å². The second-order valence-corrected chi connectivity index (χ2v) is 7.67. The molecule has 0 aliphatic carbocycles. The highest BCUT2D eigenvalue weighted by atomic mass is 32.2. The SMILES string of the molecule is COC(=O)CN(c1ccc(C(F)(F)F)cc1)S(=O)(=O)c1cc([N+](=O)[O-])ccc1C. The smallest absolute Gasteiger partial charge is 0.416 e. The first-order valence-electron chi connectivity index (χ1n) is 7.90. The van der Waals surface area contributed by atoms with Crippen LogP contribution in [0.15, 0.2) is 47.4 Å². The lowest BCUT2D eigenvalue weighted by Crippen LogP contribution is -2.36. The predicted molar refractivity (Wildman–Crippen MR) is 95.8 cm³/mol. The summed E-state index contributed by atoms with van der Waals surface area (Å²) in [6.07, 6.45) is -4.64. The maximum Gasteiger partial charge on any atom is 0.416 e. The number of sulfonamides is 1. The van der Waals surface area contributed by atoms with Crippen molar-refractivity contribution in [1.82, 2.24) is 0 Å². The quantitative estimate of drug-likeness (QED) is 0.394. The molecule has 0 N–H and O–H groups in total. The Kier molecular flexibility index (Phi) is 6.16. The first kappa shape index (κ1) is 22.1. The van der Waals surface area contributed by atoms with Crippen molar-refractivity contribution in [3.05, 3.63) is 63.7 Å². The first-order chi connectivity index (χ1) is 13.4. The Balaban J connectivity index is 2.62. The van der Waals surface area contributed by atoms with Gasteiger partial charge >= 0.3 is 12.1 Å². The molecule has 0 unspecified atom stereocenters. The number of carbonyl (C=O) groups is 1. The normalized spacial score (nSPS) is 11.8. The molecule has 0 radical (unpaired) electrons. The summed E-state index contributed by atoms with van der Waals surface area (Å²) >= 11 is 0. The molecule has 0 amide bonds. The number of aryl methyl sites for hydroxylation is 1. The van der Waals surface area contributed by atoms with Crippen molar-refractivity contribution in [3.63, 3.8) is 0 Å². The average molecular weight is 432 g/mol. The van der Waals surface area contributed by atoms with Crippen LogP contribution in [-0.2, 0) is 25.7 Å². The van der Waals surface area contributed by atoms with Crippen LogP contribution in [-0.4, -0.2) is 33.0 Å². The summed E-state index contributed by atoms with van der Waals surface area (Å²) in [5.74, 6) is -0.975. The largest absolute Gasteiger partial charge is 0.468 e. The Hall–Kier alpha value is -3.15. The average Bonchev–Trinajstić information content (AvgIpc) is 2.65. The van der Waals surface area contributed by atoms with Crippen LogP contribution in [0.4, 0.5) is 24.5 Å². The summed E-state index contributed by atoms with van der Waals surface area (Å²) in [7, 11) is -3.54. The van der Waals surface area contributed by atoms with Gasteiger partial charge in [-0.15, -0.1) is 0 Å². The van der Waals surface area contributed by atoms with Gasteiger partial charge < -0.3 is 4.74 Å². The highest BCUT2D eigenvalue weighted by Crippen LogP contribution is 2.33. The standard InChI is InChI=1S/C17H15F3N2O6S/c1-11-3-6-14(22(24)25)9-15(11)29(26,27)21(10-16(23)28-2)13-7-4-12(5-8-13)17(18,19)20/h3-9H,10H2,1-2H3. The molecule has 0 aliphatic rings. The summed E-state index contributed by atoms with van der Waals surface area (Å²) in [6.45, 7) is 0.548.